The second-order valence-corrected chi connectivity index (χ2v) is 15.8. The molecule has 0 bridgehead atoms. The van der Waals surface area contributed by atoms with Crippen LogP contribution in [0.1, 0.15) is 90.4 Å². The second kappa shape index (κ2) is 11.8. The Kier molecular flexibility index (Phi) is 8.21. The molecule has 2 amide bonds. The van der Waals surface area contributed by atoms with Crippen molar-refractivity contribution in [3.63, 3.8) is 0 Å². The zero-order valence-electron chi connectivity index (χ0n) is 26.3. The summed E-state index contributed by atoms with van der Waals surface area (Å²) >= 11 is 3.49. The van der Waals surface area contributed by atoms with Crippen LogP contribution in [0.25, 0.3) is 25.9 Å². The summed E-state index contributed by atoms with van der Waals surface area (Å²) in [5.74, 6) is 0.799. The van der Waals surface area contributed by atoms with E-state index in [1.54, 1.807) is 27.6 Å². The summed E-state index contributed by atoms with van der Waals surface area (Å²) in [4.78, 5) is 46.8. The number of allylic oxidation sites excluding steroid dienone is 1. The maximum Gasteiger partial charge on any atom is 0.410 e. The smallest absolute Gasteiger partial charge is 0.410 e. The van der Waals surface area contributed by atoms with Gasteiger partial charge in [-0.15, -0.1) is 22.7 Å². The Morgan fingerprint density at radius 3 is 2.00 bits per heavy atom. The van der Waals surface area contributed by atoms with Crippen molar-refractivity contribution in [1.82, 2.24) is 19.8 Å². The van der Waals surface area contributed by atoms with Crippen LogP contribution in [0.15, 0.2) is 41.7 Å². The molecule has 234 valence electrons. The molecule has 0 unspecified atom stereocenters. The summed E-state index contributed by atoms with van der Waals surface area (Å²) in [6.07, 6.45) is 7.70. The molecule has 9 nitrogen and oxygen atoms in total. The van der Waals surface area contributed by atoms with Gasteiger partial charge in [-0.1, -0.05) is 0 Å². The first kappa shape index (κ1) is 30.6. The Morgan fingerprint density at radius 2 is 1.36 bits per heavy atom. The Bertz CT molecular complexity index is 1600. The number of carbonyl (C=O) groups is 2. The summed E-state index contributed by atoms with van der Waals surface area (Å²) in [6.45, 7) is 12.7. The SMILES string of the molecule is CC(C)(C)OC(=O)N1CCC[C@H]1C1=NC=C(c2ccc(-c3ccc(-c4cnc([C@@H]5CCCN5C(=O)OC(C)(C)C)[nH]4)s3)s2)C1. The molecule has 3 aliphatic heterocycles. The first-order chi connectivity index (χ1) is 20.8. The summed E-state index contributed by atoms with van der Waals surface area (Å²) in [5, 5.41) is 0. The quantitative estimate of drug-likeness (QED) is 0.303. The van der Waals surface area contributed by atoms with Gasteiger partial charge in [0, 0.05) is 46.1 Å². The highest BCUT2D eigenvalue weighted by atomic mass is 32.1. The number of thiophene rings is 2. The maximum atomic E-state index is 12.8. The highest BCUT2D eigenvalue weighted by Gasteiger charge is 2.37. The first-order valence-corrected chi connectivity index (χ1v) is 17.0. The normalized spacial score (nSPS) is 20.7. The molecule has 0 aromatic carbocycles. The fourth-order valence-corrected chi connectivity index (χ4v) is 8.01. The van der Waals surface area contributed by atoms with Crippen LogP contribution >= 0.6 is 22.7 Å². The van der Waals surface area contributed by atoms with Crippen LogP contribution < -0.4 is 0 Å². The molecule has 2 atom stereocenters. The summed E-state index contributed by atoms with van der Waals surface area (Å²) < 4.78 is 11.3. The van der Waals surface area contributed by atoms with Gasteiger partial charge in [-0.05, 0) is 97.1 Å². The Hall–Kier alpha value is -3.44. The van der Waals surface area contributed by atoms with Crippen molar-refractivity contribution >= 4 is 46.1 Å². The Balaban J connectivity index is 1.10. The summed E-state index contributed by atoms with van der Waals surface area (Å²) in [7, 11) is 0. The molecule has 2 saturated heterocycles. The maximum absolute atomic E-state index is 12.8. The molecule has 3 aliphatic rings. The number of amides is 2. The fourth-order valence-electron chi connectivity index (χ4n) is 5.93. The number of rotatable bonds is 5. The number of carbonyl (C=O) groups excluding carboxylic acids is 2. The number of hydrogen-bond acceptors (Lipinski definition) is 8. The van der Waals surface area contributed by atoms with Gasteiger partial charge in [-0.3, -0.25) is 14.8 Å². The van der Waals surface area contributed by atoms with Gasteiger partial charge < -0.3 is 14.5 Å². The molecule has 2 fully saturated rings. The molecular weight excluding hydrogens is 595 g/mol. The third-order valence-electron chi connectivity index (χ3n) is 7.85. The van der Waals surface area contributed by atoms with E-state index in [4.69, 9.17) is 14.5 Å². The average molecular weight is 636 g/mol. The molecular formula is C33H41N5O4S2. The number of aromatic amines is 1. The van der Waals surface area contributed by atoms with E-state index in [1.807, 2.05) is 58.8 Å². The highest BCUT2D eigenvalue weighted by molar-refractivity contribution is 7.24. The van der Waals surface area contributed by atoms with Gasteiger partial charge in [0.15, 0.2) is 0 Å². The van der Waals surface area contributed by atoms with Crippen molar-refractivity contribution in [2.75, 3.05) is 13.1 Å². The minimum atomic E-state index is -0.532. The number of ether oxygens (including phenoxy) is 2. The summed E-state index contributed by atoms with van der Waals surface area (Å²) in [6, 6.07) is 8.51. The third-order valence-corrected chi connectivity index (χ3v) is 10.3. The monoisotopic (exact) mass is 635 g/mol. The standard InChI is InChI=1S/C33H41N5O4S2/c1-32(2,3)41-30(39)37-15-7-9-23(37)21-17-20(18-34-21)25-11-13-27(43-25)28-14-12-26(44-28)22-19-35-29(36-22)24-10-8-16-38(24)31(40)42-33(4,5)6/h11-14,18-19,23-24H,7-10,15-17H2,1-6H3,(H,35,36)/t23-,24-/m0/s1. The van der Waals surface area contributed by atoms with Crippen molar-refractivity contribution in [2.45, 2.75) is 96.9 Å². The zero-order valence-corrected chi connectivity index (χ0v) is 27.9. The van der Waals surface area contributed by atoms with Crippen molar-refractivity contribution in [2.24, 2.45) is 4.99 Å². The largest absolute Gasteiger partial charge is 0.444 e. The van der Waals surface area contributed by atoms with E-state index in [0.29, 0.717) is 13.1 Å². The van der Waals surface area contributed by atoms with Crippen molar-refractivity contribution in [3.05, 3.63) is 47.4 Å². The molecule has 0 aliphatic carbocycles. The van der Waals surface area contributed by atoms with Crippen LogP contribution in [0, 0.1) is 0 Å². The van der Waals surface area contributed by atoms with Gasteiger partial charge in [0.2, 0.25) is 0 Å². The molecule has 6 rings (SSSR count). The number of nitrogens with zero attached hydrogens (tertiary/aromatic N) is 4. The van der Waals surface area contributed by atoms with Gasteiger partial charge in [0.25, 0.3) is 0 Å². The van der Waals surface area contributed by atoms with Crippen LogP contribution in [0.4, 0.5) is 9.59 Å². The van der Waals surface area contributed by atoms with Gasteiger partial charge in [-0.2, -0.15) is 0 Å². The van der Waals surface area contributed by atoms with Crippen LogP contribution in [0.3, 0.4) is 0 Å². The highest BCUT2D eigenvalue weighted by Crippen LogP contribution is 2.41. The van der Waals surface area contributed by atoms with Crippen LogP contribution in [0.5, 0.6) is 0 Å². The lowest BCUT2D eigenvalue weighted by molar-refractivity contribution is 0.0216. The fraction of sp³-hybridized carbons (Fsp3) is 0.515. The number of H-pyrrole nitrogens is 1. The van der Waals surface area contributed by atoms with Gasteiger partial charge in [0.05, 0.1) is 28.9 Å². The van der Waals surface area contributed by atoms with Crippen molar-refractivity contribution in [3.8, 4) is 20.3 Å². The second-order valence-electron chi connectivity index (χ2n) is 13.6. The van der Waals surface area contributed by atoms with Crippen molar-refractivity contribution < 1.29 is 19.1 Å². The molecule has 0 radical (unpaired) electrons. The average Bonchev–Trinajstić information content (AvgIpc) is 3.77. The number of aromatic nitrogens is 2. The first-order valence-electron chi connectivity index (χ1n) is 15.4. The lowest BCUT2D eigenvalue weighted by Gasteiger charge is -2.28. The van der Waals surface area contributed by atoms with E-state index in [9.17, 15) is 9.59 Å². The van der Waals surface area contributed by atoms with E-state index >= 15 is 0 Å². The molecule has 0 saturated carbocycles. The zero-order chi connectivity index (χ0) is 31.2. The molecule has 44 heavy (non-hydrogen) atoms. The van der Waals surface area contributed by atoms with E-state index in [1.165, 1.54) is 20.2 Å². The lowest BCUT2D eigenvalue weighted by atomic mass is 10.0. The minimum absolute atomic E-state index is 0.00219. The number of likely N-dealkylation sites (tertiary alicyclic amines) is 2. The van der Waals surface area contributed by atoms with E-state index in [-0.39, 0.29) is 24.3 Å². The van der Waals surface area contributed by atoms with E-state index in [2.05, 4.69) is 34.2 Å². The topological polar surface area (TPSA) is 100 Å². The number of nitrogens with one attached hydrogen (secondary N) is 1. The van der Waals surface area contributed by atoms with Gasteiger partial charge in [0.1, 0.15) is 17.0 Å². The molecule has 3 aromatic rings. The Labute approximate surface area is 267 Å². The number of hydrogen-bond donors (Lipinski definition) is 1. The van der Waals surface area contributed by atoms with E-state index in [0.717, 1.165) is 54.2 Å². The third kappa shape index (κ3) is 6.63. The number of aliphatic imine (C=N–C) groups is 1. The molecule has 6 heterocycles. The summed E-state index contributed by atoms with van der Waals surface area (Å²) in [5.41, 5.74) is 2.13. The predicted molar refractivity (Wildman–Crippen MR) is 176 cm³/mol. The molecule has 1 N–H and O–H groups in total. The van der Waals surface area contributed by atoms with E-state index < -0.39 is 11.2 Å². The lowest BCUT2D eigenvalue weighted by Crippen LogP contribution is -2.43. The van der Waals surface area contributed by atoms with Crippen LogP contribution in [-0.4, -0.2) is 68.0 Å². The molecule has 3 aromatic heterocycles. The molecule has 11 heteroatoms. The Morgan fingerprint density at radius 1 is 0.818 bits per heavy atom. The van der Waals surface area contributed by atoms with Gasteiger partial charge in [-0.25, -0.2) is 14.6 Å². The minimum Gasteiger partial charge on any atom is -0.444 e. The number of imidazole rings is 1. The van der Waals surface area contributed by atoms with Crippen LogP contribution in [-0.2, 0) is 9.47 Å². The van der Waals surface area contributed by atoms with Crippen molar-refractivity contribution in [1.29, 1.82) is 0 Å². The van der Waals surface area contributed by atoms with Gasteiger partial charge >= 0.3 is 12.2 Å². The molecule has 0 spiro atoms. The predicted octanol–water partition coefficient (Wildman–Crippen LogP) is 8.52. The van der Waals surface area contributed by atoms with Crippen LogP contribution in [0.2, 0.25) is 0 Å².